The summed E-state index contributed by atoms with van der Waals surface area (Å²) in [4.78, 5) is 36.6. The number of nitrogens with zero attached hydrogens (tertiary/aromatic N) is 2. The molecule has 0 bridgehead atoms. The van der Waals surface area contributed by atoms with E-state index in [1.807, 2.05) is 0 Å². The maximum Gasteiger partial charge on any atom is 0.307 e. The second-order valence-corrected chi connectivity index (χ2v) is 6.63. The molecule has 1 aliphatic rings. The number of nitro groups is 1. The van der Waals surface area contributed by atoms with Crippen LogP contribution in [0, 0.1) is 10.1 Å². The lowest BCUT2D eigenvalue weighted by Crippen LogP contribution is -2.35. The molecule has 1 aromatic rings. The van der Waals surface area contributed by atoms with Crippen molar-refractivity contribution in [1.82, 2.24) is 4.90 Å². The number of hydrogen-bond acceptors (Lipinski definition) is 5. The number of hydrogen-bond donors (Lipinski definition) is 0. The molecule has 1 aliphatic carbocycles. The Hall–Kier alpha value is -2.70. The Morgan fingerprint density at radius 1 is 1.22 bits per heavy atom. The van der Waals surface area contributed by atoms with Crippen molar-refractivity contribution in [2.75, 3.05) is 20.2 Å². The second kappa shape index (κ2) is 10.4. The Morgan fingerprint density at radius 3 is 2.67 bits per heavy atom. The van der Waals surface area contributed by atoms with E-state index in [4.69, 9.17) is 0 Å². The average Bonchev–Trinajstić information content (AvgIpc) is 2.68. The molecule has 0 aromatic heterocycles. The SMILES string of the molecule is COC(=O)CCN(CCC1=CCCCC1)C(=O)Cc1ccccc1[N+](=O)[O-]. The number of nitro benzene ring substituents is 1. The number of allylic oxidation sites excluding steroid dienone is 1. The molecule has 1 aromatic carbocycles. The first-order chi connectivity index (χ1) is 13.0. The first-order valence-corrected chi connectivity index (χ1v) is 9.26. The maximum atomic E-state index is 12.8. The normalized spacial score (nSPS) is 13.6. The largest absolute Gasteiger partial charge is 0.469 e. The summed E-state index contributed by atoms with van der Waals surface area (Å²) >= 11 is 0. The lowest BCUT2D eigenvalue weighted by molar-refractivity contribution is -0.385. The van der Waals surface area contributed by atoms with E-state index in [1.165, 1.54) is 25.2 Å². The molecule has 0 saturated heterocycles. The van der Waals surface area contributed by atoms with Crippen LogP contribution >= 0.6 is 0 Å². The van der Waals surface area contributed by atoms with Crippen molar-refractivity contribution in [1.29, 1.82) is 0 Å². The summed E-state index contributed by atoms with van der Waals surface area (Å²) in [6.45, 7) is 0.752. The first-order valence-electron chi connectivity index (χ1n) is 9.26. The van der Waals surface area contributed by atoms with E-state index in [0.29, 0.717) is 12.1 Å². The van der Waals surface area contributed by atoms with Crippen molar-refractivity contribution in [3.63, 3.8) is 0 Å². The maximum absolute atomic E-state index is 12.8. The Kier molecular flexibility index (Phi) is 7.98. The fourth-order valence-electron chi connectivity index (χ4n) is 3.21. The molecule has 1 amide bonds. The van der Waals surface area contributed by atoms with Crippen molar-refractivity contribution in [2.24, 2.45) is 0 Å². The molecule has 27 heavy (non-hydrogen) atoms. The van der Waals surface area contributed by atoms with Gasteiger partial charge < -0.3 is 9.64 Å². The molecule has 0 atom stereocenters. The van der Waals surface area contributed by atoms with Gasteiger partial charge in [-0.05, 0) is 32.1 Å². The Morgan fingerprint density at radius 2 is 2.00 bits per heavy atom. The molecular formula is C20H26N2O5. The van der Waals surface area contributed by atoms with Gasteiger partial charge in [-0.25, -0.2) is 0 Å². The molecule has 0 fully saturated rings. The molecule has 0 saturated carbocycles. The minimum atomic E-state index is -0.478. The molecule has 2 rings (SSSR count). The Bertz CT molecular complexity index is 714. The van der Waals surface area contributed by atoms with Gasteiger partial charge in [-0.15, -0.1) is 0 Å². The number of amides is 1. The average molecular weight is 374 g/mol. The Balaban J connectivity index is 2.06. The minimum Gasteiger partial charge on any atom is -0.469 e. The number of esters is 1. The van der Waals surface area contributed by atoms with Crippen LogP contribution in [-0.4, -0.2) is 41.9 Å². The summed E-state index contributed by atoms with van der Waals surface area (Å²) in [5.74, 6) is -0.597. The third-order valence-electron chi connectivity index (χ3n) is 4.78. The molecule has 0 spiro atoms. The summed E-state index contributed by atoms with van der Waals surface area (Å²) in [6, 6.07) is 6.25. The zero-order valence-electron chi connectivity index (χ0n) is 15.7. The van der Waals surface area contributed by atoms with Crippen LogP contribution in [-0.2, 0) is 20.7 Å². The minimum absolute atomic E-state index is 0.0582. The van der Waals surface area contributed by atoms with E-state index >= 15 is 0 Å². The van der Waals surface area contributed by atoms with Crippen LogP contribution in [0.15, 0.2) is 35.9 Å². The molecule has 7 nitrogen and oxygen atoms in total. The fourth-order valence-corrected chi connectivity index (χ4v) is 3.21. The summed E-state index contributed by atoms with van der Waals surface area (Å²) in [7, 11) is 1.31. The molecule has 0 heterocycles. The predicted molar refractivity (Wildman–Crippen MR) is 101 cm³/mol. The van der Waals surface area contributed by atoms with Gasteiger partial charge >= 0.3 is 5.97 Å². The van der Waals surface area contributed by atoms with Crippen LogP contribution in [0.25, 0.3) is 0 Å². The highest BCUT2D eigenvalue weighted by Gasteiger charge is 2.21. The van der Waals surface area contributed by atoms with Crippen LogP contribution in [0.2, 0.25) is 0 Å². The predicted octanol–water partition coefficient (Wildman–Crippen LogP) is 3.42. The van der Waals surface area contributed by atoms with Gasteiger partial charge in [0.05, 0.1) is 24.9 Å². The van der Waals surface area contributed by atoms with Crippen molar-refractivity contribution < 1.29 is 19.2 Å². The van der Waals surface area contributed by atoms with Crippen LogP contribution < -0.4 is 0 Å². The summed E-state index contributed by atoms with van der Waals surface area (Å²) in [6.07, 6.45) is 7.53. The van der Waals surface area contributed by atoms with E-state index in [9.17, 15) is 19.7 Å². The van der Waals surface area contributed by atoms with Gasteiger partial charge in [-0.2, -0.15) is 0 Å². The van der Waals surface area contributed by atoms with E-state index in [2.05, 4.69) is 10.8 Å². The molecular weight excluding hydrogens is 348 g/mol. The van der Waals surface area contributed by atoms with Crippen LogP contribution in [0.1, 0.15) is 44.1 Å². The third-order valence-corrected chi connectivity index (χ3v) is 4.78. The number of ether oxygens (including phenoxy) is 1. The van der Waals surface area contributed by atoms with Crippen molar-refractivity contribution in [3.05, 3.63) is 51.6 Å². The third kappa shape index (κ3) is 6.51. The van der Waals surface area contributed by atoms with Gasteiger partial charge in [0.25, 0.3) is 5.69 Å². The lowest BCUT2D eigenvalue weighted by atomic mass is 9.97. The van der Waals surface area contributed by atoms with Gasteiger partial charge in [-0.3, -0.25) is 19.7 Å². The van der Waals surface area contributed by atoms with Crippen LogP contribution in [0.5, 0.6) is 0 Å². The number of carbonyl (C=O) groups is 2. The standard InChI is InChI=1S/C20H26N2O5/c1-27-20(24)12-14-21(13-11-16-7-3-2-4-8-16)19(23)15-17-9-5-6-10-18(17)22(25)26/h5-7,9-10H,2-4,8,11-15H2,1H3. The monoisotopic (exact) mass is 374 g/mol. The van der Waals surface area contributed by atoms with Crippen molar-refractivity contribution >= 4 is 17.6 Å². The number of para-hydroxylation sites is 1. The molecule has 7 heteroatoms. The molecule has 0 aliphatic heterocycles. The van der Waals surface area contributed by atoms with Gasteiger partial charge in [0.15, 0.2) is 0 Å². The highest BCUT2D eigenvalue weighted by molar-refractivity contribution is 5.80. The van der Waals surface area contributed by atoms with Gasteiger partial charge in [-0.1, -0.05) is 29.8 Å². The number of benzene rings is 1. The molecule has 0 radical (unpaired) electrons. The first kappa shape index (κ1) is 20.6. The molecule has 146 valence electrons. The summed E-state index contributed by atoms with van der Waals surface area (Å²) < 4.78 is 4.67. The number of methoxy groups -OCH3 is 1. The van der Waals surface area contributed by atoms with Gasteiger partial charge in [0.1, 0.15) is 0 Å². The lowest BCUT2D eigenvalue weighted by Gasteiger charge is -2.24. The summed E-state index contributed by atoms with van der Waals surface area (Å²) in [5, 5.41) is 11.2. The smallest absolute Gasteiger partial charge is 0.307 e. The fraction of sp³-hybridized carbons (Fsp3) is 0.500. The summed E-state index contributed by atoms with van der Waals surface area (Å²) in [5.41, 5.74) is 1.66. The van der Waals surface area contributed by atoms with Crippen molar-refractivity contribution in [2.45, 2.75) is 44.9 Å². The zero-order chi connectivity index (χ0) is 19.6. The van der Waals surface area contributed by atoms with E-state index in [1.54, 1.807) is 23.1 Å². The second-order valence-electron chi connectivity index (χ2n) is 6.63. The zero-order valence-corrected chi connectivity index (χ0v) is 15.7. The molecule has 0 N–H and O–H groups in total. The number of rotatable bonds is 9. The van der Waals surface area contributed by atoms with E-state index in [-0.39, 0.29) is 37.0 Å². The van der Waals surface area contributed by atoms with Crippen molar-refractivity contribution in [3.8, 4) is 0 Å². The highest BCUT2D eigenvalue weighted by atomic mass is 16.6. The van der Waals surface area contributed by atoms with Crippen LogP contribution in [0.4, 0.5) is 5.69 Å². The molecule has 0 unspecified atom stereocenters. The number of carbonyl (C=O) groups excluding carboxylic acids is 2. The quantitative estimate of drug-likeness (QED) is 0.286. The topological polar surface area (TPSA) is 89.8 Å². The Labute approximate surface area is 159 Å². The van der Waals surface area contributed by atoms with Gasteiger partial charge in [0, 0.05) is 24.7 Å². The van der Waals surface area contributed by atoms with E-state index < -0.39 is 4.92 Å². The van der Waals surface area contributed by atoms with Crippen LogP contribution in [0.3, 0.4) is 0 Å². The highest BCUT2D eigenvalue weighted by Crippen LogP contribution is 2.22. The van der Waals surface area contributed by atoms with Gasteiger partial charge in [0.2, 0.25) is 5.91 Å². The van der Waals surface area contributed by atoms with E-state index in [0.717, 1.165) is 25.7 Å².